The molecule has 1 fully saturated rings. The van der Waals surface area contributed by atoms with Gasteiger partial charge >= 0.3 is 0 Å². The first-order chi connectivity index (χ1) is 14.9. The average molecular weight is 464 g/mol. The van der Waals surface area contributed by atoms with Gasteiger partial charge < -0.3 is 10.6 Å². The van der Waals surface area contributed by atoms with E-state index in [1.165, 1.54) is 11.3 Å². The molecule has 1 aromatic carbocycles. The number of piperazine rings is 1. The Bertz CT molecular complexity index is 880. The molecule has 0 bridgehead atoms. The van der Waals surface area contributed by atoms with Crippen molar-refractivity contribution in [3.05, 3.63) is 45.9 Å². The van der Waals surface area contributed by atoms with Crippen LogP contribution in [0.1, 0.15) is 24.3 Å². The maximum absolute atomic E-state index is 12.4. The fraction of sp³-hybridized carbons (Fsp3) is 0.500. The molecule has 31 heavy (non-hydrogen) atoms. The predicted molar refractivity (Wildman–Crippen MR) is 126 cm³/mol. The summed E-state index contributed by atoms with van der Waals surface area (Å²) < 4.78 is 0. The fourth-order valence-electron chi connectivity index (χ4n) is 3.32. The summed E-state index contributed by atoms with van der Waals surface area (Å²) in [7, 11) is 0. The van der Waals surface area contributed by atoms with Crippen molar-refractivity contribution in [2.45, 2.75) is 20.3 Å². The van der Waals surface area contributed by atoms with Crippen molar-refractivity contribution in [2.24, 2.45) is 5.92 Å². The second-order valence-corrected chi connectivity index (χ2v) is 9.72. The topological polar surface area (TPSA) is 77.6 Å². The minimum absolute atomic E-state index is 0.0660. The molecular weight excluding hydrogens is 434 g/mol. The van der Waals surface area contributed by atoms with Crippen molar-refractivity contribution < 1.29 is 9.59 Å². The van der Waals surface area contributed by atoms with Crippen LogP contribution in [0.25, 0.3) is 0 Å². The smallest absolute Gasteiger partial charge is 0.240 e. The second-order valence-electron chi connectivity index (χ2n) is 8.20. The number of rotatable bonds is 9. The Morgan fingerprint density at radius 1 is 1.10 bits per heavy atom. The molecule has 1 saturated heterocycles. The highest BCUT2D eigenvalue weighted by Crippen LogP contribution is 2.24. The minimum atomic E-state index is -0.0678. The number of nitrogens with zero attached hydrogens (tertiary/aromatic N) is 3. The lowest BCUT2D eigenvalue weighted by Gasteiger charge is -2.33. The summed E-state index contributed by atoms with van der Waals surface area (Å²) in [5.41, 5.74) is 1.04. The molecule has 2 amide bonds. The molecule has 2 N–H and O–H groups in total. The van der Waals surface area contributed by atoms with Gasteiger partial charge in [-0.2, -0.15) is 0 Å². The van der Waals surface area contributed by atoms with Crippen LogP contribution in [0.2, 0.25) is 5.02 Å². The number of halogens is 1. The Balaban J connectivity index is 1.38. The first-order valence-corrected chi connectivity index (χ1v) is 11.8. The number of amides is 2. The van der Waals surface area contributed by atoms with Gasteiger partial charge in [-0.15, -0.1) is 11.3 Å². The zero-order chi connectivity index (χ0) is 22.2. The molecule has 0 aliphatic carbocycles. The van der Waals surface area contributed by atoms with Crippen LogP contribution >= 0.6 is 22.9 Å². The van der Waals surface area contributed by atoms with E-state index >= 15 is 0 Å². The molecule has 0 atom stereocenters. The molecular formula is C22H30ClN5O2S. The molecule has 2 heterocycles. The van der Waals surface area contributed by atoms with E-state index in [1.807, 2.05) is 24.3 Å². The van der Waals surface area contributed by atoms with Crippen LogP contribution in [0.3, 0.4) is 0 Å². The van der Waals surface area contributed by atoms with Crippen LogP contribution in [0.15, 0.2) is 30.5 Å². The molecule has 1 aliphatic rings. The van der Waals surface area contributed by atoms with Crippen molar-refractivity contribution >= 4 is 39.9 Å². The van der Waals surface area contributed by atoms with Crippen molar-refractivity contribution in [1.29, 1.82) is 0 Å². The predicted octanol–water partition coefficient (Wildman–Crippen LogP) is 2.72. The van der Waals surface area contributed by atoms with Gasteiger partial charge in [0.15, 0.2) is 5.13 Å². The minimum Gasteiger partial charge on any atom is -0.355 e. The van der Waals surface area contributed by atoms with E-state index in [9.17, 15) is 9.59 Å². The number of benzene rings is 1. The molecule has 3 rings (SSSR count). The van der Waals surface area contributed by atoms with Crippen molar-refractivity contribution in [2.75, 3.05) is 51.1 Å². The Labute approximate surface area is 192 Å². The van der Waals surface area contributed by atoms with Crippen LogP contribution in [0.5, 0.6) is 0 Å². The molecule has 0 spiro atoms. The lowest BCUT2D eigenvalue weighted by Crippen LogP contribution is -2.51. The fourth-order valence-corrected chi connectivity index (χ4v) is 4.38. The van der Waals surface area contributed by atoms with E-state index in [0.29, 0.717) is 37.1 Å². The van der Waals surface area contributed by atoms with Gasteiger partial charge in [0.05, 0.1) is 13.1 Å². The zero-order valence-corrected chi connectivity index (χ0v) is 19.6. The van der Waals surface area contributed by atoms with Crippen molar-refractivity contribution in [3.8, 4) is 0 Å². The molecule has 1 aromatic heterocycles. The maximum Gasteiger partial charge on any atom is 0.240 e. The first-order valence-electron chi connectivity index (χ1n) is 10.6. The normalized spacial score (nSPS) is 15.2. The van der Waals surface area contributed by atoms with Crippen LogP contribution < -0.4 is 10.6 Å². The molecule has 7 nitrogen and oxygen atoms in total. The number of carbonyl (C=O) groups is 2. The van der Waals surface area contributed by atoms with E-state index in [2.05, 4.69) is 39.3 Å². The van der Waals surface area contributed by atoms with E-state index in [0.717, 1.165) is 41.6 Å². The van der Waals surface area contributed by atoms with Crippen LogP contribution in [0, 0.1) is 5.92 Å². The number of anilines is 1. The third-order valence-electron chi connectivity index (χ3n) is 5.03. The van der Waals surface area contributed by atoms with E-state index in [1.54, 1.807) is 6.20 Å². The Morgan fingerprint density at radius 3 is 2.39 bits per heavy atom. The summed E-state index contributed by atoms with van der Waals surface area (Å²) >= 11 is 7.69. The standard InChI is InChI=1S/C22H30ClN5O2S/c1-16(2)12-24-20(29)14-27-7-9-28(10-8-27)15-21(30)26-22-25-13-18(31-22)11-17-5-3-4-6-19(17)23/h3-6,13,16H,7-12,14-15H2,1-2H3,(H,24,29)(H,25,26,30). The van der Waals surface area contributed by atoms with Gasteiger partial charge in [0, 0.05) is 55.2 Å². The summed E-state index contributed by atoms with van der Waals surface area (Å²) in [6.07, 6.45) is 2.48. The third kappa shape index (κ3) is 7.88. The Kier molecular flexibility index (Phi) is 8.83. The number of hydrogen-bond donors (Lipinski definition) is 2. The summed E-state index contributed by atoms with van der Waals surface area (Å²) in [6, 6.07) is 7.74. The Hall–Kier alpha value is -2.00. The highest BCUT2D eigenvalue weighted by atomic mass is 35.5. The second kappa shape index (κ2) is 11.6. The SMILES string of the molecule is CC(C)CNC(=O)CN1CCN(CC(=O)Nc2ncc(Cc3ccccc3Cl)s2)CC1. The highest BCUT2D eigenvalue weighted by molar-refractivity contribution is 7.15. The van der Waals surface area contributed by atoms with Gasteiger partial charge in [0.25, 0.3) is 0 Å². The van der Waals surface area contributed by atoms with Gasteiger partial charge in [-0.1, -0.05) is 43.6 Å². The molecule has 0 radical (unpaired) electrons. The van der Waals surface area contributed by atoms with Crippen LogP contribution in [-0.2, 0) is 16.0 Å². The van der Waals surface area contributed by atoms with Crippen molar-refractivity contribution in [1.82, 2.24) is 20.1 Å². The lowest BCUT2D eigenvalue weighted by atomic mass is 10.1. The number of thiazole rings is 1. The monoisotopic (exact) mass is 463 g/mol. The van der Waals surface area contributed by atoms with E-state index in [4.69, 9.17) is 11.6 Å². The maximum atomic E-state index is 12.4. The molecule has 9 heteroatoms. The summed E-state index contributed by atoms with van der Waals surface area (Å²) in [5.74, 6) is 0.447. The summed E-state index contributed by atoms with van der Waals surface area (Å²) in [6.45, 7) is 8.69. The van der Waals surface area contributed by atoms with Crippen molar-refractivity contribution in [3.63, 3.8) is 0 Å². The molecule has 0 unspecified atom stereocenters. The third-order valence-corrected chi connectivity index (χ3v) is 6.31. The molecule has 2 aromatic rings. The van der Waals surface area contributed by atoms with Gasteiger partial charge in [-0.25, -0.2) is 4.98 Å². The highest BCUT2D eigenvalue weighted by Gasteiger charge is 2.21. The number of nitrogens with one attached hydrogen (secondary N) is 2. The number of hydrogen-bond acceptors (Lipinski definition) is 6. The van der Waals surface area contributed by atoms with Crippen LogP contribution in [-0.4, -0.2) is 72.4 Å². The first kappa shape index (κ1) is 23.7. The molecule has 0 saturated carbocycles. The van der Waals surface area contributed by atoms with Gasteiger partial charge in [0.1, 0.15) is 0 Å². The van der Waals surface area contributed by atoms with E-state index in [-0.39, 0.29) is 11.8 Å². The van der Waals surface area contributed by atoms with Gasteiger partial charge in [-0.05, 0) is 17.5 Å². The largest absolute Gasteiger partial charge is 0.355 e. The van der Waals surface area contributed by atoms with E-state index < -0.39 is 0 Å². The Morgan fingerprint density at radius 2 is 1.74 bits per heavy atom. The molecule has 1 aliphatic heterocycles. The number of carbonyl (C=O) groups excluding carboxylic acids is 2. The number of aromatic nitrogens is 1. The van der Waals surface area contributed by atoms with Gasteiger partial charge in [0.2, 0.25) is 11.8 Å². The quantitative estimate of drug-likeness (QED) is 0.598. The summed E-state index contributed by atoms with van der Waals surface area (Å²) in [5, 5.41) is 7.18. The zero-order valence-electron chi connectivity index (χ0n) is 18.1. The summed E-state index contributed by atoms with van der Waals surface area (Å²) in [4.78, 5) is 34.0. The average Bonchev–Trinajstić information content (AvgIpc) is 3.16. The lowest BCUT2D eigenvalue weighted by molar-refractivity contribution is -0.123. The van der Waals surface area contributed by atoms with Gasteiger partial charge in [-0.3, -0.25) is 19.4 Å². The van der Waals surface area contributed by atoms with Crippen LogP contribution in [0.4, 0.5) is 5.13 Å². The molecule has 168 valence electrons.